The number of nitrogens with one attached hydrogen (secondary N) is 2. The molecule has 0 bridgehead atoms. The molecule has 0 unspecified atom stereocenters. The van der Waals surface area contributed by atoms with Crippen LogP contribution in [-0.2, 0) is 4.74 Å². The second-order valence-corrected chi connectivity index (χ2v) is 8.50. The fraction of sp³-hybridized carbons (Fsp3) is 0.250. The lowest BCUT2D eigenvalue weighted by molar-refractivity contribution is 0.0600. The van der Waals surface area contributed by atoms with Crippen LogP contribution in [0.5, 0.6) is 0 Å². The Bertz CT molecular complexity index is 1170. The molecule has 2 N–H and O–H groups in total. The van der Waals surface area contributed by atoms with E-state index in [0.717, 1.165) is 31.9 Å². The number of carbonyl (C=O) groups excluding carboxylic acids is 2. The summed E-state index contributed by atoms with van der Waals surface area (Å²) < 4.78 is 4.89. The number of nitrogens with zero attached hydrogens (tertiary/aromatic N) is 2. The zero-order valence-electron chi connectivity index (χ0n) is 18.3. The average Bonchev–Trinajstić information content (AvgIpc) is 3.11. The fourth-order valence-electron chi connectivity index (χ4n) is 3.90. The standard InChI is InChI=1S/C24H24Cl2N4O3/c1-15-20(25)21(26)22(27-15)23(31)28-18-9-8-16(24(32)33-2)14-19(18)30-12-10-29(11-13-30)17-6-4-3-5-7-17/h3-9,14,27H,10-13H2,1-2H3,(H,28,31). The first-order valence-electron chi connectivity index (χ1n) is 10.5. The van der Waals surface area contributed by atoms with Gasteiger partial charge in [-0.25, -0.2) is 4.79 Å². The highest BCUT2D eigenvalue weighted by Crippen LogP contribution is 2.33. The van der Waals surface area contributed by atoms with E-state index in [4.69, 9.17) is 27.9 Å². The molecule has 172 valence electrons. The molecule has 0 radical (unpaired) electrons. The van der Waals surface area contributed by atoms with Gasteiger partial charge in [0.25, 0.3) is 5.91 Å². The molecule has 1 aromatic heterocycles. The minimum atomic E-state index is -0.438. The predicted molar refractivity (Wildman–Crippen MR) is 132 cm³/mol. The predicted octanol–water partition coefficient (Wildman–Crippen LogP) is 5.00. The fourth-order valence-corrected chi connectivity index (χ4v) is 4.32. The largest absolute Gasteiger partial charge is 0.465 e. The van der Waals surface area contributed by atoms with E-state index in [1.54, 1.807) is 25.1 Å². The summed E-state index contributed by atoms with van der Waals surface area (Å²) in [6.45, 7) is 4.79. The summed E-state index contributed by atoms with van der Waals surface area (Å²) in [5.41, 5.74) is 3.70. The third-order valence-electron chi connectivity index (χ3n) is 5.69. The molecule has 7 nitrogen and oxygen atoms in total. The van der Waals surface area contributed by atoms with Crippen LogP contribution >= 0.6 is 23.2 Å². The monoisotopic (exact) mass is 486 g/mol. The van der Waals surface area contributed by atoms with Crippen molar-refractivity contribution in [3.05, 3.63) is 75.5 Å². The second kappa shape index (κ2) is 9.77. The van der Waals surface area contributed by atoms with Gasteiger partial charge >= 0.3 is 5.97 Å². The maximum absolute atomic E-state index is 12.9. The van der Waals surface area contributed by atoms with Crippen molar-refractivity contribution >= 4 is 52.1 Å². The molecule has 33 heavy (non-hydrogen) atoms. The Morgan fingerprint density at radius 2 is 1.64 bits per heavy atom. The van der Waals surface area contributed by atoms with Crippen molar-refractivity contribution in [2.75, 3.05) is 48.4 Å². The van der Waals surface area contributed by atoms with Gasteiger partial charge in [-0.15, -0.1) is 0 Å². The number of benzene rings is 2. The van der Waals surface area contributed by atoms with Gasteiger partial charge in [0.1, 0.15) is 5.69 Å². The Hall–Kier alpha value is -3.16. The van der Waals surface area contributed by atoms with Crippen LogP contribution in [0.15, 0.2) is 48.5 Å². The molecule has 2 aromatic carbocycles. The Balaban J connectivity index is 1.59. The topological polar surface area (TPSA) is 77.7 Å². The molecule has 0 spiro atoms. The molecular weight excluding hydrogens is 463 g/mol. The van der Waals surface area contributed by atoms with Gasteiger partial charge in [0.15, 0.2) is 0 Å². The lowest BCUT2D eigenvalue weighted by Gasteiger charge is -2.38. The van der Waals surface area contributed by atoms with Crippen LogP contribution in [0.3, 0.4) is 0 Å². The number of hydrogen-bond acceptors (Lipinski definition) is 5. The van der Waals surface area contributed by atoms with Gasteiger partial charge in [0, 0.05) is 37.6 Å². The van der Waals surface area contributed by atoms with Gasteiger partial charge in [0.2, 0.25) is 0 Å². The third kappa shape index (κ3) is 4.79. The maximum atomic E-state index is 12.9. The number of halogens is 2. The van der Waals surface area contributed by atoms with Gasteiger partial charge in [0.05, 0.1) is 34.1 Å². The number of piperazine rings is 1. The maximum Gasteiger partial charge on any atom is 0.337 e. The zero-order valence-corrected chi connectivity index (χ0v) is 19.8. The molecule has 0 atom stereocenters. The normalized spacial score (nSPS) is 13.7. The van der Waals surface area contributed by atoms with E-state index in [1.807, 2.05) is 18.2 Å². The molecule has 0 saturated carbocycles. The summed E-state index contributed by atoms with van der Waals surface area (Å²) >= 11 is 12.3. The second-order valence-electron chi connectivity index (χ2n) is 7.74. The number of carbonyl (C=O) groups is 2. The first-order valence-corrected chi connectivity index (χ1v) is 11.3. The molecule has 4 rings (SSSR count). The van der Waals surface area contributed by atoms with E-state index in [2.05, 4.69) is 32.2 Å². The lowest BCUT2D eigenvalue weighted by Crippen LogP contribution is -2.46. The molecule has 1 fully saturated rings. The zero-order chi connectivity index (χ0) is 23.5. The van der Waals surface area contributed by atoms with Crippen LogP contribution in [0.1, 0.15) is 26.5 Å². The van der Waals surface area contributed by atoms with Crippen molar-refractivity contribution in [1.82, 2.24) is 4.98 Å². The van der Waals surface area contributed by atoms with Crippen molar-refractivity contribution in [3.63, 3.8) is 0 Å². The van der Waals surface area contributed by atoms with Crippen LogP contribution < -0.4 is 15.1 Å². The number of para-hydroxylation sites is 1. The molecule has 1 aliphatic heterocycles. The first kappa shape index (κ1) is 23.0. The Morgan fingerprint density at radius 3 is 2.24 bits per heavy atom. The van der Waals surface area contributed by atoms with Crippen molar-refractivity contribution in [1.29, 1.82) is 0 Å². The minimum Gasteiger partial charge on any atom is -0.465 e. The van der Waals surface area contributed by atoms with Gasteiger partial charge in [-0.3, -0.25) is 4.79 Å². The Kier molecular flexibility index (Phi) is 6.81. The Morgan fingerprint density at radius 1 is 0.970 bits per heavy atom. The number of methoxy groups -OCH3 is 1. The molecule has 1 amide bonds. The number of ether oxygens (including phenoxy) is 1. The summed E-state index contributed by atoms with van der Waals surface area (Å²) in [6, 6.07) is 15.3. The molecule has 3 aromatic rings. The highest BCUT2D eigenvalue weighted by molar-refractivity contribution is 6.44. The van der Waals surface area contributed by atoms with Crippen LogP contribution in [0.2, 0.25) is 10.0 Å². The summed E-state index contributed by atoms with van der Waals surface area (Å²) in [4.78, 5) is 32.5. The number of rotatable bonds is 5. The number of anilines is 3. The number of aromatic nitrogens is 1. The number of hydrogen-bond donors (Lipinski definition) is 2. The van der Waals surface area contributed by atoms with Gasteiger partial charge in [-0.1, -0.05) is 41.4 Å². The van der Waals surface area contributed by atoms with E-state index in [1.165, 1.54) is 12.8 Å². The molecular formula is C24H24Cl2N4O3. The number of aromatic amines is 1. The van der Waals surface area contributed by atoms with Gasteiger partial charge in [-0.2, -0.15) is 0 Å². The van der Waals surface area contributed by atoms with Gasteiger partial charge < -0.3 is 24.8 Å². The van der Waals surface area contributed by atoms with E-state index in [-0.39, 0.29) is 10.7 Å². The third-order valence-corrected chi connectivity index (χ3v) is 6.64. The highest BCUT2D eigenvalue weighted by Gasteiger charge is 2.24. The van der Waals surface area contributed by atoms with E-state index < -0.39 is 11.9 Å². The lowest BCUT2D eigenvalue weighted by atomic mass is 10.1. The van der Waals surface area contributed by atoms with Crippen molar-refractivity contribution in [2.45, 2.75) is 6.92 Å². The highest BCUT2D eigenvalue weighted by atomic mass is 35.5. The first-order chi connectivity index (χ1) is 15.9. The molecule has 0 aliphatic carbocycles. The van der Waals surface area contributed by atoms with Crippen LogP contribution in [0, 0.1) is 6.92 Å². The van der Waals surface area contributed by atoms with Crippen molar-refractivity contribution < 1.29 is 14.3 Å². The van der Waals surface area contributed by atoms with Crippen molar-refractivity contribution in [2.24, 2.45) is 0 Å². The van der Waals surface area contributed by atoms with E-state index >= 15 is 0 Å². The summed E-state index contributed by atoms with van der Waals surface area (Å²) in [6.07, 6.45) is 0. The van der Waals surface area contributed by atoms with Crippen LogP contribution in [-0.4, -0.2) is 50.1 Å². The minimum absolute atomic E-state index is 0.177. The molecule has 9 heteroatoms. The summed E-state index contributed by atoms with van der Waals surface area (Å²) in [5.74, 6) is -0.850. The van der Waals surface area contributed by atoms with E-state index in [0.29, 0.717) is 22.0 Å². The molecule has 2 heterocycles. The number of amides is 1. The average molecular weight is 487 g/mol. The quantitative estimate of drug-likeness (QED) is 0.496. The van der Waals surface area contributed by atoms with Crippen molar-refractivity contribution in [3.8, 4) is 0 Å². The van der Waals surface area contributed by atoms with E-state index in [9.17, 15) is 9.59 Å². The summed E-state index contributed by atoms with van der Waals surface area (Å²) in [5, 5.41) is 3.41. The SMILES string of the molecule is COC(=O)c1ccc(NC(=O)c2[nH]c(C)c(Cl)c2Cl)c(N2CCN(c3ccccc3)CC2)c1. The summed E-state index contributed by atoms with van der Waals surface area (Å²) in [7, 11) is 1.34. The molecule has 1 aliphatic rings. The van der Waals surface area contributed by atoms with Crippen LogP contribution in [0.4, 0.5) is 17.1 Å². The number of aryl methyl sites for hydroxylation is 1. The number of esters is 1. The smallest absolute Gasteiger partial charge is 0.337 e. The Labute approximate surface area is 202 Å². The molecule has 1 saturated heterocycles. The van der Waals surface area contributed by atoms with Crippen LogP contribution in [0.25, 0.3) is 0 Å². The van der Waals surface area contributed by atoms with Gasteiger partial charge in [-0.05, 0) is 37.3 Å². The number of H-pyrrole nitrogens is 1.